The minimum Gasteiger partial charge on any atom is -0.780 e. The fourth-order valence-electron chi connectivity index (χ4n) is 0.446. The van der Waals surface area contributed by atoms with Crippen LogP contribution in [-0.4, -0.2) is 5.11 Å². The van der Waals surface area contributed by atoms with E-state index in [0.717, 1.165) is 4.90 Å². The summed E-state index contributed by atoms with van der Waals surface area (Å²) in [7, 11) is 0. The molecule has 0 heterocycles. The Kier molecular flexibility index (Phi) is 4.23. The third-order valence-electron chi connectivity index (χ3n) is 0.837. The SMILES string of the molecule is Oc1ccc([S-])cc1.[Na+]. The second kappa shape index (κ2) is 4.12. The standard InChI is InChI=1S/C6H6OS.Na/c7-5-1-3-6(8)4-2-5;/h1-4,7-8H;/q;+1/p-1. The molecule has 1 aromatic rings. The Hall–Kier alpha value is 0.240. The molecule has 0 aliphatic carbocycles. The van der Waals surface area contributed by atoms with E-state index in [-0.39, 0.29) is 35.3 Å². The van der Waals surface area contributed by atoms with Gasteiger partial charge in [0, 0.05) is 0 Å². The van der Waals surface area contributed by atoms with Crippen molar-refractivity contribution in [2.75, 3.05) is 0 Å². The van der Waals surface area contributed by atoms with Crippen molar-refractivity contribution in [3.8, 4) is 5.75 Å². The first-order chi connectivity index (χ1) is 3.79. The van der Waals surface area contributed by atoms with Gasteiger partial charge in [0.05, 0.1) is 0 Å². The molecule has 1 N–H and O–H groups in total. The van der Waals surface area contributed by atoms with Gasteiger partial charge in [0.2, 0.25) is 0 Å². The van der Waals surface area contributed by atoms with Crippen molar-refractivity contribution < 1.29 is 34.7 Å². The van der Waals surface area contributed by atoms with Crippen molar-refractivity contribution in [1.29, 1.82) is 0 Å². The van der Waals surface area contributed by atoms with Crippen molar-refractivity contribution >= 4 is 12.6 Å². The van der Waals surface area contributed by atoms with E-state index in [1.165, 1.54) is 0 Å². The molecule has 0 amide bonds. The minimum atomic E-state index is 0. The fraction of sp³-hybridized carbons (Fsp3) is 0. The van der Waals surface area contributed by atoms with Gasteiger partial charge in [-0.2, -0.15) is 4.90 Å². The maximum atomic E-state index is 8.71. The second-order valence-electron chi connectivity index (χ2n) is 1.49. The van der Waals surface area contributed by atoms with Gasteiger partial charge >= 0.3 is 29.6 Å². The summed E-state index contributed by atoms with van der Waals surface area (Å²) in [5, 5.41) is 8.71. The monoisotopic (exact) mass is 148 g/mol. The number of aromatic hydroxyl groups is 1. The van der Waals surface area contributed by atoms with Crippen LogP contribution >= 0.6 is 0 Å². The maximum Gasteiger partial charge on any atom is 1.00 e. The van der Waals surface area contributed by atoms with Crippen LogP contribution < -0.4 is 29.6 Å². The number of rotatable bonds is 0. The molecular formula is C6H5NaOS. The van der Waals surface area contributed by atoms with Crippen LogP contribution in [0.3, 0.4) is 0 Å². The van der Waals surface area contributed by atoms with Crippen LogP contribution in [-0.2, 0) is 12.6 Å². The molecule has 0 aliphatic heterocycles. The summed E-state index contributed by atoms with van der Waals surface area (Å²) in [6, 6.07) is 6.51. The van der Waals surface area contributed by atoms with Gasteiger partial charge in [0.1, 0.15) is 5.75 Å². The Morgan fingerprint density at radius 3 is 1.89 bits per heavy atom. The van der Waals surface area contributed by atoms with Gasteiger partial charge in [-0.15, -0.1) is 0 Å². The van der Waals surface area contributed by atoms with Crippen molar-refractivity contribution in [3.05, 3.63) is 24.3 Å². The topological polar surface area (TPSA) is 20.2 Å². The zero-order chi connectivity index (χ0) is 5.98. The molecule has 0 bridgehead atoms. The van der Waals surface area contributed by atoms with Crippen LogP contribution in [0.5, 0.6) is 5.75 Å². The molecule has 0 aromatic heterocycles. The van der Waals surface area contributed by atoms with Crippen LogP contribution in [0.25, 0.3) is 0 Å². The Balaban J connectivity index is 0.000000640. The second-order valence-corrected chi connectivity index (χ2v) is 1.97. The molecule has 0 atom stereocenters. The van der Waals surface area contributed by atoms with Gasteiger partial charge < -0.3 is 17.7 Å². The smallest absolute Gasteiger partial charge is 0.780 e. The molecule has 3 heteroatoms. The molecule has 1 nitrogen and oxygen atoms in total. The minimum absolute atomic E-state index is 0. The molecule has 9 heavy (non-hydrogen) atoms. The summed E-state index contributed by atoms with van der Waals surface area (Å²) in [5.74, 6) is 0.263. The number of hydrogen-bond acceptors (Lipinski definition) is 2. The number of hydrogen-bond donors (Lipinski definition) is 1. The molecule has 0 saturated carbocycles. The van der Waals surface area contributed by atoms with E-state index < -0.39 is 0 Å². The average molecular weight is 148 g/mol. The van der Waals surface area contributed by atoms with Crippen LogP contribution in [0.2, 0.25) is 0 Å². The molecule has 0 unspecified atom stereocenters. The molecule has 0 radical (unpaired) electrons. The Labute approximate surface area is 81.8 Å². The van der Waals surface area contributed by atoms with E-state index in [0.29, 0.717) is 0 Å². The van der Waals surface area contributed by atoms with Gasteiger partial charge in [0.25, 0.3) is 0 Å². The van der Waals surface area contributed by atoms with Gasteiger partial charge in [-0.1, -0.05) is 12.1 Å². The van der Waals surface area contributed by atoms with Crippen molar-refractivity contribution in [2.45, 2.75) is 4.90 Å². The molecular weight excluding hydrogens is 143 g/mol. The van der Waals surface area contributed by atoms with Crippen LogP contribution in [0.1, 0.15) is 0 Å². The van der Waals surface area contributed by atoms with Crippen LogP contribution in [0, 0.1) is 0 Å². The summed E-state index contributed by atoms with van der Waals surface area (Å²) < 4.78 is 0. The summed E-state index contributed by atoms with van der Waals surface area (Å²) in [4.78, 5) is 0.753. The predicted molar refractivity (Wildman–Crippen MR) is 33.7 cm³/mol. The van der Waals surface area contributed by atoms with Crippen LogP contribution in [0.15, 0.2) is 29.2 Å². The number of phenols is 1. The molecule has 0 spiro atoms. The number of benzene rings is 1. The predicted octanol–water partition coefficient (Wildman–Crippen LogP) is -1.70. The van der Waals surface area contributed by atoms with Gasteiger partial charge in [-0.05, 0) is 12.1 Å². The van der Waals surface area contributed by atoms with Crippen molar-refractivity contribution in [2.24, 2.45) is 0 Å². The molecule has 0 saturated heterocycles. The Morgan fingerprint density at radius 2 is 1.56 bits per heavy atom. The van der Waals surface area contributed by atoms with Gasteiger partial charge in [-0.3, -0.25) is 0 Å². The summed E-state index contributed by atoms with van der Waals surface area (Å²) in [6.45, 7) is 0. The van der Waals surface area contributed by atoms with E-state index in [1.54, 1.807) is 24.3 Å². The normalized spacial score (nSPS) is 8.00. The molecule has 1 rings (SSSR count). The first-order valence-electron chi connectivity index (χ1n) is 2.25. The summed E-state index contributed by atoms with van der Waals surface area (Å²) in [6.07, 6.45) is 0. The fourth-order valence-corrected chi connectivity index (χ4v) is 0.582. The van der Waals surface area contributed by atoms with E-state index in [1.807, 2.05) is 0 Å². The molecule has 0 aliphatic rings. The quantitative estimate of drug-likeness (QED) is 0.349. The van der Waals surface area contributed by atoms with Crippen LogP contribution in [0.4, 0.5) is 0 Å². The van der Waals surface area contributed by atoms with E-state index in [4.69, 9.17) is 17.7 Å². The molecule has 42 valence electrons. The third kappa shape index (κ3) is 3.06. The summed E-state index contributed by atoms with van der Waals surface area (Å²) in [5.41, 5.74) is 0. The third-order valence-corrected chi connectivity index (χ3v) is 1.11. The maximum absolute atomic E-state index is 8.71. The largest absolute Gasteiger partial charge is 1.00 e. The molecule has 1 aromatic carbocycles. The first-order valence-corrected chi connectivity index (χ1v) is 2.66. The zero-order valence-electron chi connectivity index (χ0n) is 5.16. The molecule has 0 fully saturated rings. The first kappa shape index (κ1) is 9.24. The van der Waals surface area contributed by atoms with Crippen molar-refractivity contribution in [3.63, 3.8) is 0 Å². The van der Waals surface area contributed by atoms with Gasteiger partial charge in [0.15, 0.2) is 0 Å². The van der Waals surface area contributed by atoms with E-state index >= 15 is 0 Å². The number of phenolic OH excluding ortho intramolecular Hbond substituents is 1. The van der Waals surface area contributed by atoms with E-state index in [2.05, 4.69) is 0 Å². The Bertz CT molecular complexity index is 152. The van der Waals surface area contributed by atoms with E-state index in [9.17, 15) is 0 Å². The average Bonchev–Trinajstić information content (AvgIpc) is 1.77. The Morgan fingerprint density at radius 1 is 1.11 bits per heavy atom. The van der Waals surface area contributed by atoms with Gasteiger partial charge in [-0.25, -0.2) is 0 Å². The summed E-state index contributed by atoms with van der Waals surface area (Å²) >= 11 is 4.76. The van der Waals surface area contributed by atoms with Crippen molar-refractivity contribution in [1.82, 2.24) is 0 Å². The zero-order valence-corrected chi connectivity index (χ0v) is 7.98.